The fourth-order valence-electron chi connectivity index (χ4n) is 1.81. The number of hydrogen-bond acceptors (Lipinski definition) is 2. The Morgan fingerprint density at radius 3 is 1.56 bits per heavy atom. The first kappa shape index (κ1) is 10.6. The zero-order valence-corrected chi connectivity index (χ0v) is 9.44. The van der Waals surface area contributed by atoms with Crippen molar-refractivity contribution in [2.75, 3.05) is 14.2 Å². The highest BCUT2D eigenvalue weighted by Gasteiger charge is 1.96. The Balaban J connectivity index is 2.88. The molecule has 0 aliphatic carbocycles. The normalized spacial score (nSPS) is 13.1. The van der Waals surface area contributed by atoms with Gasteiger partial charge in [0, 0.05) is 10.4 Å². The van der Waals surface area contributed by atoms with E-state index in [1.807, 2.05) is 24.3 Å². The summed E-state index contributed by atoms with van der Waals surface area (Å²) in [5.41, 5.74) is 0. The van der Waals surface area contributed by atoms with Gasteiger partial charge in [0.2, 0.25) is 0 Å². The lowest BCUT2D eigenvalue weighted by Gasteiger charge is -2.00. The largest absolute Gasteiger partial charge is 0.504 e. The minimum Gasteiger partial charge on any atom is -0.504 e. The molecule has 0 saturated carbocycles. The van der Waals surface area contributed by atoms with E-state index in [9.17, 15) is 0 Å². The van der Waals surface area contributed by atoms with Gasteiger partial charge in [0.25, 0.3) is 0 Å². The molecule has 0 atom stereocenters. The first-order chi connectivity index (χ1) is 7.86. The van der Waals surface area contributed by atoms with Crippen LogP contribution in [0.4, 0.5) is 0 Å². The highest BCUT2D eigenvalue weighted by Crippen LogP contribution is 2.03. The second-order valence-corrected chi connectivity index (χ2v) is 3.50. The van der Waals surface area contributed by atoms with E-state index in [0.29, 0.717) is 0 Å². The second-order valence-electron chi connectivity index (χ2n) is 3.50. The molecule has 82 valence electrons. The molecule has 2 heteroatoms. The number of methoxy groups -OCH3 is 2. The van der Waals surface area contributed by atoms with Gasteiger partial charge in [-0.05, 0) is 10.8 Å². The smallest absolute Gasteiger partial charge is 0.0903 e. The zero-order chi connectivity index (χ0) is 11.4. The van der Waals surface area contributed by atoms with Gasteiger partial charge in [-0.3, -0.25) is 0 Å². The molecule has 0 amide bonds. The van der Waals surface area contributed by atoms with Crippen molar-refractivity contribution in [1.29, 1.82) is 0 Å². The molecule has 0 heterocycles. The molecule has 0 aliphatic heterocycles. The van der Waals surface area contributed by atoms with E-state index in [0.717, 1.165) is 21.2 Å². The minimum atomic E-state index is 1.08. The zero-order valence-electron chi connectivity index (χ0n) is 9.44. The van der Waals surface area contributed by atoms with Crippen LogP contribution in [0.1, 0.15) is 0 Å². The SMILES string of the molecule is COC=c1ccc(=COC)c2ccccc12. The summed E-state index contributed by atoms with van der Waals surface area (Å²) in [5.74, 6) is 0. The van der Waals surface area contributed by atoms with Crippen LogP contribution < -0.4 is 10.4 Å². The lowest BCUT2D eigenvalue weighted by Crippen LogP contribution is -2.11. The highest BCUT2D eigenvalue weighted by atomic mass is 16.5. The van der Waals surface area contributed by atoms with Crippen LogP contribution in [0.3, 0.4) is 0 Å². The molecule has 0 aromatic heterocycles. The molecule has 0 fully saturated rings. The van der Waals surface area contributed by atoms with Gasteiger partial charge in [0.1, 0.15) is 0 Å². The van der Waals surface area contributed by atoms with Crippen molar-refractivity contribution in [2.24, 2.45) is 0 Å². The summed E-state index contributed by atoms with van der Waals surface area (Å²) in [7, 11) is 3.31. The van der Waals surface area contributed by atoms with Crippen LogP contribution in [0.2, 0.25) is 0 Å². The first-order valence-electron chi connectivity index (χ1n) is 5.10. The summed E-state index contributed by atoms with van der Waals surface area (Å²) >= 11 is 0. The maximum absolute atomic E-state index is 5.07. The fraction of sp³-hybridized carbons (Fsp3) is 0.143. The predicted octanol–water partition coefficient (Wildman–Crippen LogP) is 1.61. The fourth-order valence-corrected chi connectivity index (χ4v) is 1.81. The van der Waals surface area contributed by atoms with Crippen molar-refractivity contribution in [3.63, 3.8) is 0 Å². The topological polar surface area (TPSA) is 18.5 Å². The van der Waals surface area contributed by atoms with Crippen molar-refractivity contribution in [3.05, 3.63) is 46.8 Å². The number of fused-ring (bicyclic) bond motifs is 1. The predicted molar refractivity (Wildman–Crippen MR) is 66.1 cm³/mol. The lowest BCUT2D eigenvalue weighted by molar-refractivity contribution is 0.391. The van der Waals surface area contributed by atoms with Gasteiger partial charge in [-0.15, -0.1) is 0 Å². The molecular formula is C14H14O2. The van der Waals surface area contributed by atoms with E-state index in [1.54, 1.807) is 26.7 Å². The van der Waals surface area contributed by atoms with Gasteiger partial charge < -0.3 is 9.47 Å². The average molecular weight is 214 g/mol. The van der Waals surface area contributed by atoms with Crippen LogP contribution in [0.25, 0.3) is 23.3 Å². The van der Waals surface area contributed by atoms with Crippen molar-refractivity contribution in [3.8, 4) is 0 Å². The maximum atomic E-state index is 5.07. The van der Waals surface area contributed by atoms with Gasteiger partial charge in [0.15, 0.2) is 0 Å². The maximum Gasteiger partial charge on any atom is 0.0903 e. The molecule has 0 aliphatic rings. The highest BCUT2D eigenvalue weighted by molar-refractivity contribution is 5.84. The van der Waals surface area contributed by atoms with E-state index < -0.39 is 0 Å². The van der Waals surface area contributed by atoms with E-state index in [2.05, 4.69) is 12.1 Å². The first-order valence-corrected chi connectivity index (χ1v) is 5.10. The van der Waals surface area contributed by atoms with E-state index in [-0.39, 0.29) is 0 Å². The Kier molecular flexibility index (Phi) is 3.10. The molecule has 0 radical (unpaired) electrons. The van der Waals surface area contributed by atoms with Crippen LogP contribution in [0.15, 0.2) is 36.4 Å². The average Bonchev–Trinajstić information content (AvgIpc) is 2.33. The van der Waals surface area contributed by atoms with Gasteiger partial charge in [-0.25, -0.2) is 0 Å². The molecule has 0 bridgehead atoms. The number of rotatable bonds is 2. The molecule has 2 nitrogen and oxygen atoms in total. The van der Waals surface area contributed by atoms with Crippen molar-refractivity contribution < 1.29 is 9.47 Å². The Morgan fingerprint density at radius 1 is 0.750 bits per heavy atom. The Hall–Kier alpha value is -1.96. The number of hydrogen-bond donors (Lipinski definition) is 0. The summed E-state index contributed by atoms with van der Waals surface area (Å²) in [6.07, 6.45) is 3.50. The van der Waals surface area contributed by atoms with Crippen molar-refractivity contribution >= 4 is 23.3 Å². The Morgan fingerprint density at radius 2 is 1.19 bits per heavy atom. The van der Waals surface area contributed by atoms with Crippen LogP contribution in [-0.2, 0) is 9.47 Å². The van der Waals surface area contributed by atoms with Gasteiger partial charge in [-0.1, -0.05) is 36.4 Å². The standard InChI is InChI=1S/C14H14O2/c1-15-9-11-7-8-12(10-16-2)14-6-4-3-5-13(11)14/h3-10H,1-2H3. The molecule has 0 spiro atoms. The second kappa shape index (κ2) is 4.71. The number of ether oxygens (including phenoxy) is 2. The third-order valence-corrected chi connectivity index (χ3v) is 2.48. The summed E-state index contributed by atoms with van der Waals surface area (Å²) in [4.78, 5) is 0. The summed E-state index contributed by atoms with van der Waals surface area (Å²) in [5, 5.41) is 4.48. The van der Waals surface area contributed by atoms with Crippen molar-refractivity contribution in [1.82, 2.24) is 0 Å². The summed E-state index contributed by atoms with van der Waals surface area (Å²) in [6.45, 7) is 0. The van der Waals surface area contributed by atoms with Crippen LogP contribution in [0.5, 0.6) is 0 Å². The Labute approximate surface area is 94.4 Å². The molecule has 2 aromatic rings. The summed E-state index contributed by atoms with van der Waals surface area (Å²) < 4.78 is 10.1. The molecule has 2 rings (SSSR count). The van der Waals surface area contributed by atoms with Gasteiger partial charge in [-0.2, -0.15) is 0 Å². The van der Waals surface area contributed by atoms with Crippen LogP contribution in [-0.4, -0.2) is 14.2 Å². The van der Waals surface area contributed by atoms with E-state index >= 15 is 0 Å². The Bertz CT molecular complexity index is 545. The molecule has 0 saturated heterocycles. The third kappa shape index (κ3) is 1.87. The summed E-state index contributed by atoms with van der Waals surface area (Å²) in [6, 6.07) is 12.2. The third-order valence-electron chi connectivity index (χ3n) is 2.48. The van der Waals surface area contributed by atoms with Crippen molar-refractivity contribution in [2.45, 2.75) is 0 Å². The number of benzene rings is 2. The van der Waals surface area contributed by atoms with Gasteiger partial charge >= 0.3 is 0 Å². The quantitative estimate of drug-likeness (QED) is 0.756. The van der Waals surface area contributed by atoms with Crippen LogP contribution in [0, 0.1) is 0 Å². The molecule has 16 heavy (non-hydrogen) atoms. The molecule has 0 unspecified atom stereocenters. The van der Waals surface area contributed by atoms with E-state index in [4.69, 9.17) is 9.47 Å². The van der Waals surface area contributed by atoms with Gasteiger partial charge in [0.05, 0.1) is 26.7 Å². The molecular weight excluding hydrogens is 200 g/mol. The molecule has 0 N–H and O–H groups in total. The van der Waals surface area contributed by atoms with E-state index in [1.165, 1.54) is 0 Å². The molecule has 2 aromatic carbocycles. The minimum absolute atomic E-state index is 1.08. The monoisotopic (exact) mass is 214 g/mol. The lowest BCUT2D eigenvalue weighted by atomic mass is 10.1. The van der Waals surface area contributed by atoms with Crippen LogP contribution >= 0.6 is 0 Å².